The van der Waals surface area contributed by atoms with Gasteiger partial charge in [0.2, 0.25) is 5.91 Å². The summed E-state index contributed by atoms with van der Waals surface area (Å²) in [4.78, 5) is 28.0. The highest BCUT2D eigenvalue weighted by molar-refractivity contribution is 5.94. The Balaban J connectivity index is 1.48. The number of piperazine rings is 1. The molecule has 1 aliphatic heterocycles. The Morgan fingerprint density at radius 1 is 1.04 bits per heavy atom. The van der Waals surface area contributed by atoms with Crippen LogP contribution in [0.2, 0.25) is 0 Å². The van der Waals surface area contributed by atoms with Gasteiger partial charge >= 0.3 is 0 Å². The number of para-hydroxylation sites is 1. The number of aromatic hydroxyl groups is 1. The summed E-state index contributed by atoms with van der Waals surface area (Å²) in [5, 5.41) is 9.74. The Kier molecular flexibility index (Phi) is 4.84. The van der Waals surface area contributed by atoms with E-state index in [1.165, 1.54) is 12.5 Å². The SMILES string of the molecule is O=C(CCc1ccccc1O)N1CCN(C(=O)c2ccoc2)CC1. The molecule has 1 aromatic carbocycles. The van der Waals surface area contributed by atoms with Crippen LogP contribution in [0.4, 0.5) is 0 Å². The van der Waals surface area contributed by atoms with Crippen molar-refractivity contribution in [3.8, 4) is 5.75 Å². The quantitative estimate of drug-likeness (QED) is 0.930. The summed E-state index contributed by atoms with van der Waals surface area (Å²) < 4.78 is 4.94. The van der Waals surface area contributed by atoms with Crippen LogP contribution in [0.5, 0.6) is 5.75 Å². The molecule has 0 atom stereocenters. The number of amides is 2. The lowest BCUT2D eigenvalue weighted by Crippen LogP contribution is -2.50. The maximum atomic E-state index is 12.3. The smallest absolute Gasteiger partial charge is 0.257 e. The fourth-order valence-electron chi connectivity index (χ4n) is 2.85. The van der Waals surface area contributed by atoms with Crippen molar-refractivity contribution >= 4 is 11.8 Å². The van der Waals surface area contributed by atoms with E-state index < -0.39 is 0 Å². The molecule has 0 unspecified atom stereocenters. The van der Waals surface area contributed by atoms with Crippen LogP contribution in [0.15, 0.2) is 47.3 Å². The van der Waals surface area contributed by atoms with E-state index in [-0.39, 0.29) is 17.6 Å². The van der Waals surface area contributed by atoms with Gasteiger partial charge in [-0.3, -0.25) is 9.59 Å². The van der Waals surface area contributed by atoms with Crippen LogP contribution in [-0.2, 0) is 11.2 Å². The molecule has 0 radical (unpaired) electrons. The number of aryl methyl sites for hydroxylation is 1. The highest BCUT2D eigenvalue weighted by Crippen LogP contribution is 2.18. The van der Waals surface area contributed by atoms with Crippen molar-refractivity contribution in [3.63, 3.8) is 0 Å². The van der Waals surface area contributed by atoms with E-state index in [9.17, 15) is 14.7 Å². The minimum absolute atomic E-state index is 0.0497. The summed E-state index contributed by atoms with van der Waals surface area (Å²) in [6.45, 7) is 2.10. The van der Waals surface area contributed by atoms with Gasteiger partial charge < -0.3 is 19.3 Å². The zero-order valence-corrected chi connectivity index (χ0v) is 13.4. The summed E-state index contributed by atoms with van der Waals surface area (Å²) in [6.07, 6.45) is 3.78. The third-order valence-electron chi connectivity index (χ3n) is 4.29. The number of phenols is 1. The first-order valence-electron chi connectivity index (χ1n) is 8.01. The van der Waals surface area contributed by atoms with Crippen molar-refractivity contribution in [2.24, 2.45) is 0 Å². The van der Waals surface area contributed by atoms with Gasteiger partial charge in [-0.15, -0.1) is 0 Å². The van der Waals surface area contributed by atoms with Crippen LogP contribution in [0.25, 0.3) is 0 Å². The van der Waals surface area contributed by atoms with Gasteiger partial charge in [0.1, 0.15) is 12.0 Å². The Morgan fingerprint density at radius 3 is 2.42 bits per heavy atom. The molecule has 1 fully saturated rings. The molecule has 6 nitrogen and oxygen atoms in total. The molecule has 1 aliphatic rings. The van der Waals surface area contributed by atoms with E-state index in [0.717, 1.165) is 5.56 Å². The Morgan fingerprint density at radius 2 is 1.75 bits per heavy atom. The fraction of sp³-hybridized carbons (Fsp3) is 0.333. The van der Waals surface area contributed by atoms with Gasteiger partial charge in [0, 0.05) is 32.6 Å². The minimum atomic E-state index is -0.0648. The van der Waals surface area contributed by atoms with Crippen molar-refractivity contribution in [2.45, 2.75) is 12.8 Å². The number of carbonyl (C=O) groups excluding carboxylic acids is 2. The van der Waals surface area contributed by atoms with Crippen LogP contribution in [0.1, 0.15) is 22.3 Å². The number of furan rings is 1. The van der Waals surface area contributed by atoms with E-state index in [1.807, 2.05) is 12.1 Å². The van der Waals surface area contributed by atoms with Gasteiger partial charge in [-0.1, -0.05) is 18.2 Å². The number of nitrogens with zero attached hydrogens (tertiary/aromatic N) is 2. The van der Waals surface area contributed by atoms with E-state index >= 15 is 0 Å². The lowest BCUT2D eigenvalue weighted by molar-refractivity contribution is -0.132. The molecule has 1 aromatic heterocycles. The van der Waals surface area contributed by atoms with Gasteiger partial charge in [-0.2, -0.15) is 0 Å². The van der Waals surface area contributed by atoms with Gasteiger partial charge in [0.15, 0.2) is 0 Å². The highest BCUT2D eigenvalue weighted by Gasteiger charge is 2.25. The number of carbonyl (C=O) groups is 2. The predicted molar refractivity (Wildman–Crippen MR) is 87.6 cm³/mol. The van der Waals surface area contributed by atoms with Gasteiger partial charge in [-0.05, 0) is 24.1 Å². The molecule has 6 heteroatoms. The maximum absolute atomic E-state index is 12.3. The summed E-state index contributed by atoms with van der Waals surface area (Å²) in [6, 6.07) is 8.70. The molecule has 1 N–H and O–H groups in total. The summed E-state index contributed by atoms with van der Waals surface area (Å²) >= 11 is 0. The van der Waals surface area contributed by atoms with Crippen LogP contribution < -0.4 is 0 Å². The molecule has 24 heavy (non-hydrogen) atoms. The second-order valence-corrected chi connectivity index (χ2v) is 5.81. The van der Waals surface area contributed by atoms with Crippen LogP contribution in [-0.4, -0.2) is 52.9 Å². The van der Waals surface area contributed by atoms with Crippen molar-refractivity contribution in [3.05, 3.63) is 54.0 Å². The lowest BCUT2D eigenvalue weighted by atomic mass is 10.1. The molecule has 3 rings (SSSR count). The summed E-state index contributed by atoms with van der Waals surface area (Å²) in [7, 11) is 0. The second-order valence-electron chi connectivity index (χ2n) is 5.81. The molecule has 0 bridgehead atoms. The molecular weight excluding hydrogens is 308 g/mol. The maximum Gasteiger partial charge on any atom is 0.257 e. The summed E-state index contributed by atoms with van der Waals surface area (Å²) in [5.41, 5.74) is 1.31. The van der Waals surface area contributed by atoms with Gasteiger partial charge in [0.05, 0.1) is 11.8 Å². The van der Waals surface area contributed by atoms with E-state index in [4.69, 9.17) is 4.42 Å². The number of hydrogen-bond acceptors (Lipinski definition) is 4. The average molecular weight is 328 g/mol. The van der Waals surface area contributed by atoms with Crippen LogP contribution >= 0.6 is 0 Å². The molecule has 126 valence electrons. The minimum Gasteiger partial charge on any atom is -0.508 e. The third-order valence-corrected chi connectivity index (χ3v) is 4.29. The monoisotopic (exact) mass is 328 g/mol. The second kappa shape index (κ2) is 7.21. The normalized spacial score (nSPS) is 14.7. The number of rotatable bonds is 4. The highest BCUT2D eigenvalue weighted by atomic mass is 16.3. The first kappa shape index (κ1) is 16.1. The molecule has 2 heterocycles. The number of phenolic OH excluding ortho intramolecular Hbond substituents is 1. The molecular formula is C18H20N2O4. The number of benzene rings is 1. The third kappa shape index (κ3) is 3.59. The molecule has 1 saturated heterocycles. The first-order valence-corrected chi connectivity index (χ1v) is 8.01. The first-order chi connectivity index (χ1) is 11.6. The Labute approximate surface area is 140 Å². The lowest BCUT2D eigenvalue weighted by Gasteiger charge is -2.34. The zero-order chi connectivity index (χ0) is 16.9. The Bertz CT molecular complexity index is 704. The van der Waals surface area contributed by atoms with E-state index in [0.29, 0.717) is 44.6 Å². The largest absolute Gasteiger partial charge is 0.508 e. The van der Waals surface area contributed by atoms with Crippen LogP contribution in [0.3, 0.4) is 0 Å². The molecule has 2 aromatic rings. The van der Waals surface area contributed by atoms with Crippen molar-refractivity contribution < 1.29 is 19.1 Å². The van der Waals surface area contributed by atoms with E-state index in [2.05, 4.69) is 0 Å². The Hall–Kier alpha value is -2.76. The topological polar surface area (TPSA) is 74.0 Å². The molecule has 2 amide bonds. The molecule has 0 spiro atoms. The summed E-state index contributed by atoms with van der Waals surface area (Å²) in [5.74, 6) is 0.208. The average Bonchev–Trinajstić information content (AvgIpc) is 3.15. The predicted octanol–water partition coefficient (Wildman–Crippen LogP) is 1.90. The van der Waals surface area contributed by atoms with E-state index in [1.54, 1.807) is 28.0 Å². The van der Waals surface area contributed by atoms with Gasteiger partial charge in [-0.25, -0.2) is 0 Å². The standard InChI is InChI=1S/C18H20N2O4/c21-16-4-2-1-3-14(16)5-6-17(22)19-8-10-20(11-9-19)18(23)15-7-12-24-13-15/h1-4,7,12-13,21H,5-6,8-11H2. The van der Waals surface area contributed by atoms with Crippen molar-refractivity contribution in [2.75, 3.05) is 26.2 Å². The zero-order valence-electron chi connectivity index (χ0n) is 13.4. The fourth-order valence-corrected chi connectivity index (χ4v) is 2.85. The van der Waals surface area contributed by atoms with Gasteiger partial charge in [0.25, 0.3) is 5.91 Å². The molecule has 0 saturated carbocycles. The van der Waals surface area contributed by atoms with Crippen molar-refractivity contribution in [1.29, 1.82) is 0 Å². The number of hydrogen-bond donors (Lipinski definition) is 1. The van der Waals surface area contributed by atoms with Crippen molar-refractivity contribution in [1.82, 2.24) is 9.80 Å². The van der Waals surface area contributed by atoms with Crippen LogP contribution in [0, 0.1) is 0 Å². The molecule has 0 aliphatic carbocycles.